The van der Waals surface area contributed by atoms with Crippen molar-refractivity contribution in [3.05, 3.63) is 52.7 Å². The number of carboxylic acids is 1. The van der Waals surface area contributed by atoms with E-state index >= 15 is 0 Å². The molecule has 0 atom stereocenters. The first-order chi connectivity index (χ1) is 9.79. The summed E-state index contributed by atoms with van der Waals surface area (Å²) in [7, 11) is -3.97. The number of halogens is 2. The number of carbonyl (C=O) groups is 1. The maximum Gasteiger partial charge on any atom is 0.371 e. The molecule has 0 aliphatic rings. The fourth-order valence-corrected chi connectivity index (χ4v) is 3.05. The molecule has 9 heteroatoms. The molecule has 0 bridgehead atoms. The number of hydrogen-bond acceptors (Lipinski definition) is 4. The molecule has 0 saturated carbocycles. The van der Waals surface area contributed by atoms with Gasteiger partial charge in [0.05, 0.1) is 11.6 Å². The molecule has 6 nitrogen and oxygen atoms in total. The summed E-state index contributed by atoms with van der Waals surface area (Å²) in [5.74, 6) is -2.10. The van der Waals surface area contributed by atoms with Crippen LogP contribution >= 0.6 is 11.6 Å². The molecule has 0 aliphatic carbocycles. The second-order valence-electron chi connectivity index (χ2n) is 3.97. The van der Waals surface area contributed by atoms with Crippen LogP contribution in [0.5, 0.6) is 0 Å². The Labute approximate surface area is 124 Å². The lowest BCUT2D eigenvalue weighted by atomic mass is 10.3. The minimum absolute atomic E-state index is 0.120. The summed E-state index contributed by atoms with van der Waals surface area (Å²) in [4.78, 5) is 10.3. The fraction of sp³-hybridized carbons (Fsp3) is 0.0833. The Morgan fingerprint density at radius 2 is 2.05 bits per heavy atom. The molecule has 0 spiro atoms. The van der Waals surface area contributed by atoms with Crippen molar-refractivity contribution in [1.82, 2.24) is 4.72 Å². The maximum absolute atomic E-state index is 12.9. The van der Waals surface area contributed by atoms with Gasteiger partial charge in [-0.1, -0.05) is 11.6 Å². The quantitative estimate of drug-likeness (QED) is 0.874. The zero-order valence-corrected chi connectivity index (χ0v) is 11.9. The van der Waals surface area contributed by atoms with Gasteiger partial charge in [-0.05, 0) is 30.3 Å². The summed E-state index contributed by atoms with van der Waals surface area (Å²) in [6.45, 7) is -0.261. The van der Waals surface area contributed by atoms with Gasteiger partial charge in [0.1, 0.15) is 16.5 Å². The largest absolute Gasteiger partial charge is 0.475 e. The second-order valence-corrected chi connectivity index (χ2v) is 6.11. The standard InChI is InChI=1S/C12H9ClFNO5S/c13-9-5-7(14)1-4-11(9)21(18,19)15-6-8-2-3-10(20-8)12(16)17/h1-5,15H,6H2,(H,16,17). The van der Waals surface area contributed by atoms with Gasteiger partial charge in [0.2, 0.25) is 15.8 Å². The van der Waals surface area contributed by atoms with Crippen LogP contribution in [0.25, 0.3) is 0 Å². The minimum atomic E-state index is -3.97. The van der Waals surface area contributed by atoms with E-state index in [2.05, 4.69) is 4.72 Å². The second kappa shape index (κ2) is 5.84. The predicted molar refractivity (Wildman–Crippen MR) is 71.1 cm³/mol. The molecular formula is C12H9ClFNO5S. The Morgan fingerprint density at radius 3 is 2.62 bits per heavy atom. The smallest absolute Gasteiger partial charge is 0.371 e. The number of nitrogens with one attached hydrogen (secondary N) is 1. The summed E-state index contributed by atoms with van der Waals surface area (Å²) >= 11 is 5.68. The van der Waals surface area contributed by atoms with Crippen LogP contribution in [0, 0.1) is 5.82 Å². The Balaban J connectivity index is 2.15. The summed E-state index contributed by atoms with van der Waals surface area (Å²) in [6, 6.07) is 5.42. The van der Waals surface area contributed by atoms with Gasteiger partial charge < -0.3 is 9.52 Å². The lowest BCUT2D eigenvalue weighted by Crippen LogP contribution is -2.23. The monoisotopic (exact) mass is 333 g/mol. The van der Waals surface area contributed by atoms with Gasteiger partial charge in [-0.2, -0.15) is 0 Å². The van der Waals surface area contributed by atoms with E-state index in [0.29, 0.717) is 0 Å². The Bertz CT molecular complexity index is 787. The number of aromatic carboxylic acids is 1. The van der Waals surface area contributed by atoms with Gasteiger partial charge in [-0.25, -0.2) is 22.3 Å². The van der Waals surface area contributed by atoms with Crippen molar-refractivity contribution < 1.29 is 27.1 Å². The van der Waals surface area contributed by atoms with E-state index in [0.717, 1.165) is 18.2 Å². The van der Waals surface area contributed by atoms with Crippen molar-refractivity contribution in [3.63, 3.8) is 0 Å². The third kappa shape index (κ3) is 3.60. The first kappa shape index (κ1) is 15.5. The molecule has 2 rings (SSSR count). The summed E-state index contributed by atoms with van der Waals surface area (Å²) in [5.41, 5.74) is 0. The number of carboxylic acid groups (broad SMARTS) is 1. The van der Waals surface area contributed by atoms with Crippen LogP contribution in [0.15, 0.2) is 39.6 Å². The number of furan rings is 1. The van der Waals surface area contributed by atoms with Crippen molar-refractivity contribution in [2.45, 2.75) is 11.4 Å². The molecule has 0 fully saturated rings. The van der Waals surface area contributed by atoms with Crippen molar-refractivity contribution in [2.75, 3.05) is 0 Å². The maximum atomic E-state index is 12.9. The normalized spacial score (nSPS) is 11.5. The van der Waals surface area contributed by atoms with Crippen molar-refractivity contribution in [3.8, 4) is 0 Å². The molecule has 0 saturated heterocycles. The molecule has 1 aromatic heterocycles. The highest BCUT2D eigenvalue weighted by atomic mass is 35.5. The van der Waals surface area contributed by atoms with E-state index in [9.17, 15) is 17.6 Å². The Morgan fingerprint density at radius 1 is 1.33 bits per heavy atom. The predicted octanol–water partition coefficient (Wildman–Crippen LogP) is 2.25. The lowest BCUT2D eigenvalue weighted by Gasteiger charge is -2.07. The van der Waals surface area contributed by atoms with Gasteiger partial charge in [0, 0.05) is 0 Å². The van der Waals surface area contributed by atoms with Gasteiger partial charge in [-0.3, -0.25) is 0 Å². The minimum Gasteiger partial charge on any atom is -0.475 e. The van der Waals surface area contributed by atoms with Crippen molar-refractivity contribution in [1.29, 1.82) is 0 Å². The molecular weight excluding hydrogens is 325 g/mol. The Hall–Kier alpha value is -1.90. The van der Waals surface area contributed by atoms with E-state index in [4.69, 9.17) is 21.1 Å². The molecule has 0 amide bonds. The molecule has 21 heavy (non-hydrogen) atoms. The highest BCUT2D eigenvalue weighted by Gasteiger charge is 2.19. The number of rotatable bonds is 5. The molecule has 0 aliphatic heterocycles. The SMILES string of the molecule is O=C(O)c1ccc(CNS(=O)(=O)c2ccc(F)cc2Cl)o1. The summed E-state index contributed by atoms with van der Waals surface area (Å²) in [5, 5.41) is 8.42. The Kier molecular flexibility index (Phi) is 4.31. The zero-order valence-electron chi connectivity index (χ0n) is 10.3. The van der Waals surface area contributed by atoms with E-state index in [1.165, 1.54) is 12.1 Å². The van der Waals surface area contributed by atoms with Crippen molar-refractivity contribution in [2.24, 2.45) is 0 Å². The van der Waals surface area contributed by atoms with Crippen LogP contribution in [0.2, 0.25) is 5.02 Å². The van der Waals surface area contributed by atoms with Gasteiger partial charge in [-0.15, -0.1) is 0 Å². The lowest BCUT2D eigenvalue weighted by molar-refractivity contribution is 0.0660. The topological polar surface area (TPSA) is 96.6 Å². The van der Waals surface area contributed by atoms with Crippen molar-refractivity contribution >= 4 is 27.6 Å². The number of sulfonamides is 1. The van der Waals surface area contributed by atoms with Crippen LogP contribution < -0.4 is 4.72 Å². The summed E-state index contributed by atoms with van der Waals surface area (Å²) < 4.78 is 44.0. The molecule has 0 radical (unpaired) electrons. The van der Waals surface area contributed by atoms with E-state index in [-0.39, 0.29) is 28.0 Å². The van der Waals surface area contributed by atoms with Crippen LogP contribution in [0.4, 0.5) is 4.39 Å². The van der Waals surface area contributed by atoms with E-state index < -0.39 is 21.8 Å². The molecule has 112 valence electrons. The zero-order chi connectivity index (χ0) is 15.6. The first-order valence-electron chi connectivity index (χ1n) is 5.56. The van der Waals surface area contributed by atoms with Gasteiger partial charge in [0.15, 0.2) is 0 Å². The highest BCUT2D eigenvalue weighted by molar-refractivity contribution is 7.89. The third-order valence-corrected chi connectivity index (χ3v) is 4.38. The van der Waals surface area contributed by atoms with Gasteiger partial charge in [0.25, 0.3) is 0 Å². The highest BCUT2D eigenvalue weighted by Crippen LogP contribution is 2.22. The number of benzene rings is 1. The molecule has 2 aromatic rings. The average molecular weight is 334 g/mol. The van der Waals surface area contributed by atoms with Crippen LogP contribution in [-0.4, -0.2) is 19.5 Å². The van der Waals surface area contributed by atoms with E-state index in [1.807, 2.05) is 0 Å². The van der Waals surface area contributed by atoms with E-state index in [1.54, 1.807) is 0 Å². The molecule has 1 heterocycles. The first-order valence-corrected chi connectivity index (χ1v) is 7.42. The summed E-state index contributed by atoms with van der Waals surface area (Å²) in [6.07, 6.45) is 0. The fourth-order valence-electron chi connectivity index (χ4n) is 1.52. The number of hydrogen-bond donors (Lipinski definition) is 2. The molecule has 2 N–H and O–H groups in total. The average Bonchev–Trinajstić information content (AvgIpc) is 2.85. The third-order valence-electron chi connectivity index (χ3n) is 2.49. The van der Waals surface area contributed by atoms with Gasteiger partial charge >= 0.3 is 5.97 Å². The molecule has 0 unspecified atom stereocenters. The van der Waals surface area contributed by atoms with Crippen LogP contribution in [0.3, 0.4) is 0 Å². The molecule has 1 aromatic carbocycles. The van der Waals surface area contributed by atoms with Crippen LogP contribution in [-0.2, 0) is 16.6 Å². The van der Waals surface area contributed by atoms with Crippen LogP contribution in [0.1, 0.15) is 16.3 Å².